The lowest BCUT2D eigenvalue weighted by Crippen LogP contribution is -1.97. The standard InChI is InChI=1S/2C43H27N3.C42H26N4/c1-3-14-28(15-4-1)38-27-39(29-16-5-2-6-17-29)45-43(44-38)31-19-13-18-30(26-31)41-37-25-12-10-23-35(37)40-34-22-9-7-20-32(34)33-21-8-11-24-36(33)42(40)46-41;1-3-13-28(14-4-1)38-27-39(29-15-5-2-6-16-29)45-43(44-38)31-25-23-30(24-26-31)41-37-22-12-10-20-35(37)40-34-19-9-7-17-32(34)33-18-8-11-21-36(33)42(40)46-41;1-3-13-27(14-4-1)36-26-37(28-15-5-2-6-16-28)46-42(45-36)30-18-11-17-29(25-30)40-39-31-19-7-8-20-32(31)41-34(22-12-24-43-41)38(39)33-21-9-10-23-35(33)44-40/h2*1-27H;1-26H. The van der Waals surface area contributed by atoms with E-state index >= 15 is 0 Å². The fourth-order valence-electron chi connectivity index (χ4n) is 20.0. The van der Waals surface area contributed by atoms with E-state index in [1.165, 1.54) is 64.6 Å². The van der Waals surface area contributed by atoms with Gasteiger partial charge in [0.2, 0.25) is 0 Å². The maximum absolute atomic E-state index is 5.48. The van der Waals surface area contributed by atoms with Gasteiger partial charge in [-0.2, -0.15) is 0 Å². The number of pyridine rings is 4. The van der Waals surface area contributed by atoms with Gasteiger partial charge in [-0.25, -0.2) is 44.9 Å². The van der Waals surface area contributed by atoms with E-state index in [2.05, 4.69) is 364 Å². The van der Waals surface area contributed by atoms with Gasteiger partial charge in [0.1, 0.15) is 0 Å². The van der Waals surface area contributed by atoms with Crippen LogP contribution in [0.15, 0.2) is 485 Å². The van der Waals surface area contributed by atoms with Crippen LogP contribution in [-0.4, -0.2) is 49.8 Å². The zero-order chi connectivity index (χ0) is 91.4. The highest BCUT2D eigenvalue weighted by Crippen LogP contribution is 2.48. The first-order valence-corrected chi connectivity index (χ1v) is 46.5. The van der Waals surface area contributed by atoms with Crippen molar-refractivity contribution in [3.05, 3.63) is 485 Å². The highest BCUT2D eigenvalue weighted by atomic mass is 14.9. The minimum atomic E-state index is 0.673. The first-order valence-electron chi connectivity index (χ1n) is 46.5. The summed E-state index contributed by atoms with van der Waals surface area (Å²) >= 11 is 0. The molecule has 0 unspecified atom stereocenters. The van der Waals surface area contributed by atoms with E-state index < -0.39 is 0 Å². The van der Waals surface area contributed by atoms with Crippen LogP contribution in [-0.2, 0) is 0 Å². The van der Waals surface area contributed by atoms with Crippen LogP contribution in [0.3, 0.4) is 0 Å². The molecule has 0 radical (unpaired) electrons. The average Bonchev–Trinajstić information content (AvgIpc) is 0.715. The Hall–Kier alpha value is -18.6. The number of para-hydroxylation sites is 1. The Labute approximate surface area is 795 Å². The van der Waals surface area contributed by atoms with Crippen LogP contribution in [0.1, 0.15) is 0 Å². The van der Waals surface area contributed by atoms with E-state index in [-0.39, 0.29) is 0 Å². The second-order valence-corrected chi connectivity index (χ2v) is 34.6. The predicted molar refractivity (Wildman–Crippen MR) is 573 cm³/mol. The molecule has 0 fully saturated rings. The molecule has 0 aliphatic carbocycles. The number of hydrogen-bond donors (Lipinski definition) is 0. The van der Waals surface area contributed by atoms with E-state index in [0.29, 0.717) is 17.5 Å². The fraction of sp³-hybridized carbons (Fsp3) is 0. The van der Waals surface area contributed by atoms with Gasteiger partial charge in [0.05, 0.1) is 73.3 Å². The predicted octanol–water partition coefficient (Wildman–Crippen LogP) is 32.9. The summed E-state index contributed by atoms with van der Waals surface area (Å²) in [6.07, 6.45) is 1.88. The minimum absolute atomic E-state index is 0.673. The maximum Gasteiger partial charge on any atom is 0.160 e. The van der Waals surface area contributed by atoms with Crippen molar-refractivity contribution in [1.29, 1.82) is 0 Å². The largest absolute Gasteiger partial charge is 0.256 e. The summed E-state index contributed by atoms with van der Waals surface area (Å²) in [5.41, 5.74) is 24.5. The van der Waals surface area contributed by atoms with Crippen molar-refractivity contribution in [2.24, 2.45) is 0 Å². The van der Waals surface area contributed by atoms with Crippen LogP contribution in [0.2, 0.25) is 0 Å². The van der Waals surface area contributed by atoms with Crippen molar-refractivity contribution in [2.45, 2.75) is 0 Å². The maximum atomic E-state index is 5.48. The first kappa shape index (κ1) is 81.4. The second kappa shape index (κ2) is 35.1. The van der Waals surface area contributed by atoms with Gasteiger partial charge in [0.25, 0.3) is 0 Å². The Morgan fingerprint density at radius 1 is 0.123 bits per heavy atom. The van der Waals surface area contributed by atoms with Crippen LogP contribution < -0.4 is 0 Å². The summed E-state index contributed by atoms with van der Waals surface area (Å²) in [4.78, 5) is 51.5. The molecule has 27 aromatic rings. The molecule has 0 N–H and O–H groups in total. The molecule has 0 saturated carbocycles. The molecule has 0 atom stereocenters. The molecule has 0 bridgehead atoms. The van der Waals surface area contributed by atoms with Gasteiger partial charge in [-0.1, -0.05) is 437 Å². The van der Waals surface area contributed by atoms with Gasteiger partial charge in [0.15, 0.2) is 17.5 Å². The van der Waals surface area contributed by atoms with Gasteiger partial charge in [-0.15, -0.1) is 0 Å². The lowest BCUT2D eigenvalue weighted by Gasteiger charge is -2.16. The van der Waals surface area contributed by atoms with E-state index in [9.17, 15) is 0 Å². The van der Waals surface area contributed by atoms with Gasteiger partial charge >= 0.3 is 0 Å². The second-order valence-electron chi connectivity index (χ2n) is 34.6. The lowest BCUT2D eigenvalue weighted by molar-refractivity contribution is 1.18. The molecule has 0 saturated heterocycles. The molecule has 10 heteroatoms. The van der Waals surface area contributed by atoms with Crippen LogP contribution in [0.4, 0.5) is 0 Å². The SMILES string of the molecule is c1ccc(-c2cc(-c3ccccc3)nc(-c3ccc(-c4nc5c6ccccc6c6ccccc6c5c5ccccc45)cc3)n2)cc1.c1ccc(-c2cc(-c3ccccc3)nc(-c3cccc(-c4nc5c6ccccc6c6ccccc6c5c5ccccc45)c3)n2)cc1.c1ccc(-c2cc(-c3ccccc3)nc(-c3cccc(-c4nc5ccccc5c5c6cccnc6c6ccccc6c45)c3)n2)cc1. The number of benzene rings is 20. The minimum Gasteiger partial charge on any atom is -0.256 e. The fourth-order valence-corrected chi connectivity index (χ4v) is 20.0. The average molecular weight is 1760 g/mol. The Bertz CT molecular complexity index is 9260. The molecule has 27 rings (SSSR count). The van der Waals surface area contributed by atoms with Gasteiger partial charge in [0, 0.05) is 132 Å². The van der Waals surface area contributed by atoms with Crippen molar-refractivity contribution in [2.75, 3.05) is 0 Å². The molecule has 642 valence electrons. The number of fused-ring (bicyclic) bond motifs is 24. The molecular weight excluding hydrogens is 1680 g/mol. The van der Waals surface area contributed by atoms with E-state index in [0.717, 1.165) is 183 Å². The van der Waals surface area contributed by atoms with Crippen LogP contribution >= 0.6 is 0 Å². The molecule has 7 heterocycles. The number of aromatic nitrogens is 10. The Balaban J connectivity index is 0.000000110. The Kier molecular flexibility index (Phi) is 20.7. The van der Waals surface area contributed by atoms with Crippen LogP contribution in [0.25, 0.3) is 265 Å². The monoisotopic (exact) mass is 1760 g/mol. The van der Waals surface area contributed by atoms with Crippen molar-refractivity contribution < 1.29 is 0 Å². The topological polar surface area (TPSA) is 129 Å². The van der Waals surface area contributed by atoms with E-state index in [4.69, 9.17) is 49.8 Å². The number of rotatable bonds is 12. The molecule has 138 heavy (non-hydrogen) atoms. The van der Waals surface area contributed by atoms with Gasteiger partial charge in [-0.05, 0) is 90.9 Å². The highest BCUT2D eigenvalue weighted by molar-refractivity contribution is 6.35. The van der Waals surface area contributed by atoms with Crippen molar-refractivity contribution in [3.8, 4) is 135 Å². The highest BCUT2D eigenvalue weighted by Gasteiger charge is 2.25. The normalized spacial score (nSPS) is 11.5. The van der Waals surface area contributed by atoms with Gasteiger partial charge in [-0.3, -0.25) is 4.98 Å². The Morgan fingerprint density at radius 3 is 0.768 bits per heavy atom. The van der Waals surface area contributed by atoms with Crippen molar-refractivity contribution >= 4 is 130 Å². The third-order valence-electron chi connectivity index (χ3n) is 26.4. The summed E-state index contributed by atoms with van der Waals surface area (Å²) in [5.74, 6) is 2.05. The smallest absolute Gasteiger partial charge is 0.160 e. The third kappa shape index (κ3) is 14.9. The summed E-state index contributed by atoms with van der Waals surface area (Å²) < 4.78 is 0. The molecule has 7 aromatic heterocycles. The van der Waals surface area contributed by atoms with Gasteiger partial charge < -0.3 is 0 Å². The Morgan fingerprint density at radius 2 is 0.384 bits per heavy atom. The quantitative estimate of drug-likeness (QED) is 0.109. The summed E-state index contributed by atoms with van der Waals surface area (Å²) in [6.45, 7) is 0. The van der Waals surface area contributed by atoms with Crippen LogP contribution in [0, 0.1) is 0 Å². The van der Waals surface area contributed by atoms with Crippen molar-refractivity contribution in [1.82, 2.24) is 49.8 Å². The number of nitrogens with zero attached hydrogens (tertiary/aromatic N) is 10. The molecule has 10 nitrogen and oxygen atoms in total. The zero-order valence-electron chi connectivity index (χ0n) is 74.7. The van der Waals surface area contributed by atoms with Crippen LogP contribution in [0.5, 0.6) is 0 Å². The first-order chi connectivity index (χ1) is 68.4. The number of hydrogen-bond acceptors (Lipinski definition) is 10. The molecule has 20 aromatic carbocycles. The van der Waals surface area contributed by atoms with E-state index in [1.54, 1.807) is 0 Å². The van der Waals surface area contributed by atoms with E-state index in [1.807, 2.05) is 121 Å². The summed E-state index contributed by atoms with van der Waals surface area (Å²) in [6, 6.07) is 167. The van der Waals surface area contributed by atoms with Crippen molar-refractivity contribution in [3.63, 3.8) is 0 Å². The molecule has 0 aliphatic rings. The third-order valence-corrected chi connectivity index (χ3v) is 26.4. The molecule has 0 aliphatic heterocycles. The summed E-state index contributed by atoms with van der Waals surface area (Å²) in [7, 11) is 0. The molecular formula is C128H80N10. The molecule has 0 spiro atoms. The zero-order valence-corrected chi connectivity index (χ0v) is 74.7. The molecule has 0 amide bonds. The summed E-state index contributed by atoms with van der Waals surface area (Å²) in [5, 5.41) is 23.5. The lowest BCUT2D eigenvalue weighted by atomic mass is 9.91.